The van der Waals surface area contributed by atoms with E-state index < -0.39 is 11.0 Å². The third kappa shape index (κ3) is 3.84. The fourth-order valence-electron chi connectivity index (χ4n) is 6.04. The Morgan fingerprint density at radius 2 is 2.03 bits per heavy atom. The van der Waals surface area contributed by atoms with Crippen LogP contribution in [0.4, 0.5) is 5.69 Å². The number of aryl methyl sites for hydroxylation is 1. The van der Waals surface area contributed by atoms with E-state index in [1.165, 1.54) is 30.6 Å². The second-order valence-electron chi connectivity index (χ2n) is 10.6. The number of ether oxygens (including phenoxy) is 1. The van der Waals surface area contributed by atoms with Crippen LogP contribution in [0.2, 0.25) is 0 Å². The summed E-state index contributed by atoms with van der Waals surface area (Å²) in [6.45, 7) is 8.82. The topological polar surface area (TPSA) is 81.7 Å². The van der Waals surface area contributed by atoms with Gasteiger partial charge in [-0.05, 0) is 76.6 Å². The van der Waals surface area contributed by atoms with Gasteiger partial charge in [0, 0.05) is 38.5 Å². The molecule has 5 rings (SSSR count). The average molecular weight is 441 g/mol. The maximum absolute atomic E-state index is 13.6. The number of carbonyl (C=O) groups is 1. The number of piperazine rings is 1. The molecule has 3 aliphatic rings. The lowest BCUT2D eigenvalue weighted by atomic mass is 9.67. The Hall–Kier alpha value is -1.96. The van der Waals surface area contributed by atoms with E-state index in [9.17, 15) is 9.90 Å². The first-order chi connectivity index (χ1) is 15.3. The number of nitrogens with one attached hydrogen (secondary N) is 1. The van der Waals surface area contributed by atoms with Gasteiger partial charge in [-0.1, -0.05) is 0 Å². The van der Waals surface area contributed by atoms with Gasteiger partial charge in [-0.3, -0.25) is 9.69 Å². The number of hydrogen-bond donors (Lipinski definition) is 2. The number of imidazole rings is 1. The van der Waals surface area contributed by atoms with E-state index in [1.807, 2.05) is 6.92 Å². The van der Waals surface area contributed by atoms with E-state index >= 15 is 0 Å². The van der Waals surface area contributed by atoms with Crippen molar-refractivity contribution in [1.29, 1.82) is 0 Å². The van der Waals surface area contributed by atoms with E-state index in [0.29, 0.717) is 44.2 Å². The minimum Gasteiger partial charge on any atom is -0.390 e. The monoisotopic (exact) mass is 440 g/mol. The normalized spacial score (nSPS) is 31.2. The number of aliphatic hydroxyl groups is 1. The summed E-state index contributed by atoms with van der Waals surface area (Å²) >= 11 is 0. The lowest BCUT2D eigenvalue weighted by molar-refractivity contribution is -0.0333. The van der Waals surface area contributed by atoms with Crippen LogP contribution in [0.25, 0.3) is 11.0 Å². The Labute approximate surface area is 190 Å². The van der Waals surface area contributed by atoms with Crippen molar-refractivity contribution in [3.63, 3.8) is 0 Å². The SMILES string of the molecule is COCC1(C(=O)c2nc3cc(C)c(N4CCN5CCC[C@H]5C4)cc3[nH]2)CCC(C)(O)CC1. The van der Waals surface area contributed by atoms with Crippen LogP contribution in [0, 0.1) is 12.3 Å². The minimum atomic E-state index is -0.708. The molecule has 2 saturated heterocycles. The molecule has 32 heavy (non-hydrogen) atoms. The van der Waals surface area contributed by atoms with Crippen LogP contribution < -0.4 is 4.90 Å². The van der Waals surface area contributed by atoms with Crippen molar-refractivity contribution in [2.45, 2.75) is 64.0 Å². The Bertz CT molecular complexity index is 1000. The predicted molar refractivity (Wildman–Crippen MR) is 125 cm³/mol. The van der Waals surface area contributed by atoms with Crippen molar-refractivity contribution in [3.05, 3.63) is 23.5 Å². The third-order valence-electron chi connectivity index (χ3n) is 8.13. The molecule has 2 aliphatic heterocycles. The number of hydrogen-bond acceptors (Lipinski definition) is 6. The first kappa shape index (κ1) is 21.9. The predicted octanol–water partition coefficient (Wildman–Crippen LogP) is 3.30. The van der Waals surface area contributed by atoms with Crippen LogP contribution in [0.1, 0.15) is 61.6 Å². The molecule has 1 aromatic heterocycles. The molecule has 3 heterocycles. The molecule has 174 valence electrons. The zero-order valence-corrected chi connectivity index (χ0v) is 19.6. The van der Waals surface area contributed by atoms with Crippen LogP contribution in [0.3, 0.4) is 0 Å². The van der Waals surface area contributed by atoms with Crippen molar-refractivity contribution in [1.82, 2.24) is 14.9 Å². The van der Waals surface area contributed by atoms with Crippen LogP contribution >= 0.6 is 0 Å². The van der Waals surface area contributed by atoms with E-state index in [-0.39, 0.29) is 5.78 Å². The van der Waals surface area contributed by atoms with E-state index in [2.05, 4.69) is 33.8 Å². The van der Waals surface area contributed by atoms with Gasteiger partial charge in [0.15, 0.2) is 5.82 Å². The molecule has 1 atom stereocenters. The Kier molecular flexibility index (Phi) is 5.55. The van der Waals surface area contributed by atoms with Crippen LogP contribution in [-0.4, -0.2) is 77.3 Å². The molecule has 7 heteroatoms. The van der Waals surface area contributed by atoms with E-state index in [0.717, 1.165) is 30.7 Å². The highest BCUT2D eigenvalue weighted by Crippen LogP contribution is 2.43. The summed E-state index contributed by atoms with van der Waals surface area (Å²) in [6, 6.07) is 4.94. The van der Waals surface area contributed by atoms with Crippen molar-refractivity contribution in [2.75, 3.05) is 44.8 Å². The van der Waals surface area contributed by atoms with Crippen LogP contribution in [0.15, 0.2) is 12.1 Å². The fraction of sp³-hybridized carbons (Fsp3) is 0.680. The average Bonchev–Trinajstić information content (AvgIpc) is 3.40. The molecule has 0 spiro atoms. The van der Waals surface area contributed by atoms with Crippen molar-refractivity contribution >= 4 is 22.5 Å². The summed E-state index contributed by atoms with van der Waals surface area (Å²) in [6.07, 6.45) is 5.01. The van der Waals surface area contributed by atoms with Gasteiger partial charge >= 0.3 is 0 Å². The zero-order valence-electron chi connectivity index (χ0n) is 19.6. The van der Waals surface area contributed by atoms with E-state index in [1.54, 1.807) is 7.11 Å². The number of Topliss-reactive ketones (excluding diaryl/α,β-unsaturated/α-hetero) is 1. The highest BCUT2D eigenvalue weighted by Gasteiger charge is 2.46. The summed E-state index contributed by atoms with van der Waals surface area (Å²) in [7, 11) is 1.64. The smallest absolute Gasteiger partial charge is 0.206 e. The number of fused-ring (bicyclic) bond motifs is 2. The maximum atomic E-state index is 13.6. The van der Waals surface area contributed by atoms with Gasteiger partial charge in [0.2, 0.25) is 5.78 Å². The van der Waals surface area contributed by atoms with Crippen LogP contribution in [0.5, 0.6) is 0 Å². The molecule has 2 N–H and O–H groups in total. The summed E-state index contributed by atoms with van der Waals surface area (Å²) in [5.74, 6) is 0.417. The highest BCUT2D eigenvalue weighted by molar-refractivity contribution is 6.00. The molecule has 0 unspecified atom stereocenters. The molecule has 1 aromatic carbocycles. The van der Waals surface area contributed by atoms with Crippen LogP contribution in [-0.2, 0) is 4.74 Å². The van der Waals surface area contributed by atoms with Gasteiger partial charge < -0.3 is 19.7 Å². The van der Waals surface area contributed by atoms with Crippen molar-refractivity contribution in [2.24, 2.45) is 5.41 Å². The maximum Gasteiger partial charge on any atom is 0.206 e. The molecule has 0 radical (unpaired) electrons. The summed E-state index contributed by atoms with van der Waals surface area (Å²) in [5, 5.41) is 10.4. The number of benzene rings is 1. The second-order valence-corrected chi connectivity index (χ2v) is 10.6. The Morgan fingerprint density at radius 3 is 2.78 bits per heavy atom. The molecule has 0 amide bonds. The number of anilines is 1. The molecular weight excluding hydrogens is 404 g/mol. The van der Waals surface area contributed by atoms with E-state index in [4.69, 9.17) is 9.72 Å². The number of methoxy groups -OCH3 is 1. The summed E-state index contributed by atoms with van der Waals surface area (Å²) < 4.78 is 5.47. The van der Waals surface area contributed by atoms with Gasteiger partial charge in [-0.25, -0.2) is 4.98 Å². The molecule has 1 aliphatic carbocycles. The fourth-order valence-corrected chi connectivity index (χ4v) is 6.04. The third-order valence-corrected chi connectivity index (χ3v) is 8.13. The molecule has 3 fully saturated rings. The zero-order chi connectivity index (χ0) is 22.5. The van der Waals surface area contributed by atoms with Gasteiger partial charge in [-0.2, -0.15) is 0 Å². The minimum absolute atomic E-state index is 0.00447. The summed E-state index contributed by atoms with van der Waals surface area (Å²) in [4.78, 5) is 26.8. The number of rotatable bonds is 5. The van der Waals surface area contributed by atoms with Gasteiger partial charge in [0.1, 0.15) is 0 Å². The van der Waals surface area contributed by atoms with Gasteiger partial charge in [0.05, 0.1) is 28.7 Å². The molecule has 2 aromatic rings. The number of aromatic nitrogens is 2. The standard InChI is InChI=1S/C25H36N4O3/c1-17-13-19-20(14-21(17)29-12-11-28-10-4-5-18(28)15-29)27-23(26-19)22(30)25(16-32-3)8-6-24(2,31)7-9-25/h13-14,18,31H,4-12,15-16H2,1-3H3,(H,26,27)/t18-,24?,25?/m0/s1. The van der Waals surface area contributed by atoms with Crippen molar-refractivity contribution < 1.29 is 14.6 Å². The van der Waals surface area contributed by atoms with Gasteiger partial charge in [0.25, 0.3) is 0 Å². The molecule has 7 nitrogen and oxygen atoms in total. The van der Waals surface area contributed by atoms with Gasteiger partial charge in [-0.15, -0.1) is 0 Å². The Balaban J connectivity index is 1.42. The lowest BCUT2D eigenvalue weighted by Gasteiger charge is -2.40. The quantitative estimate of drug-likeness (QED) is 0.695. The highest BCUT2D eigenvalue weighted by atomic mass is 16.5. The number of H-pyrrole nitrogens is 1. The number of nitrogens with zero attached hydrogens (tertiary/aromatic N) is 3. The lowest BCUT2D eigenvalue weighted by Crippen LogP contribution is -2.50. The number of carbonyl (C=O) groups excluding carboxylic acids is 1. The molecule has 0 bridgehead atoms. The largest absolute Gasteiger partial charge is 0.390 e. The molecular formula is C25H36N4O3. The second kappa shape index (κ2) is 8.12. The van der Waals surface area contributed by atoms with Crippen molar-refractivity contribution in [3.8, 4) is 0 Å². The first-order valence-electron chi connectivity index (χ1n) is 12.1. The summed E-state index contributed by atoms with van der Waals surface area (Å²) in [5.41, 5.74) is 2.87. The number of ketones is 1. The number of aromatic amines is 1. The molecule has 1 saturated carbocycles. The Morgan fingerprint density at radius 1 is 1.25 bits per heavy atom. The first-order valence-corrected chi connectivity index (χ1v) is 12.1.